The van der Waals surface area contributed by atoms with E-state index in [4.69, 9.17) is 14.2 Å². The summed E-state index contributed by atoms with van der Waals surface area (Å²) in [7, 11) is 0. The molecule has 0 saturated carbocycles. The average molecular weight is 252 g/mol. The van der Waals surface area contributed by atoms with Gasteiger partial charge in [0.2, 0.25) is 0 Å². The van der Waals surface area contributed by atoms with Gasteiger partial charge in [0.15, 0.2) is 6.29 Å². The molecule has 0 radical (unpaired) electrons. The van der Waals surface area contributed by atoms with Crippen molar-refractivity contribution in [1.29, 1.82) is 0 Å². The van der Waals surface area contributed by atoms with Gasteiger partial charge in [-0.05, 0) is 17.7 Å². The van der Waals surface area contributed by atoms with E-state index in [1.807, 2.05) is 0 Å². The molecular formula is C14H17FO3. The number of rotatable bonds is 3. The second kappa shape index (κ2) is 4.02. The van der Waals surface area contributed by atoms with Crippen molar-refractivity contribution in [2.45, 2.75) is 25.7 Å². The summed E-state index contributed by atoms with van der Waals surface area (Å²) in [6, 6.07) is 6.48. The highest BCUT2D eigenvalue weighted by Gasteiger charge is 2.62. The summed E-state index contributed by atoms with van der Waals surface area (Å²) < 4.78 is 29.9. The van der Waals surface area contributed by atoms with E-state index < -0.39 is 5.60 Å². The molecule has 98 valence electrons. The van der Waals surface area contributed by atoms with Gasteiger partial charge in [-0.3, -0.25) is 0 Å². The minimum absolute atomic E-state index is 0.235. The molecular weight excluding hydrogens is 235 g/mol. The monoisotopic (exact) mass is 252 g/mol. The Kier molecular flexibility index (Phi) is 2.70. The highest BCUT2D eigenvalue weighted by atomic mass is 19.1. The Bertz CT molecular complexity index is 431. The van der Waals surface area contributed by atoms with Crippen LogP contribution in [0.15, 0.2) is 24.3 Å². The molecule has 2 heterocycles. The first-order valence-electron chi connectivity index (χ1n) is 6.19. The van der Waals surface area contributed by atoms with Gasteiger partial charge in [-0.25, -0.2) is 4.39 Å². The molecule has 0 bridgehead atoms. The number of hydrogen-bond donors (Lipinski definition) is 0. The smallest absolute Gasteiger partial charge is 0.166 e. The van der Waals surface area contributed by atoms with Crippen molar-refractivity contribution in [2.24, 2.45) is 5.41 Å². The van der Waals surface area contributed by atoms with E-state index in [0.29, 0.717) is 19.8 Å². The molecule has 2 aliphatic heterocycles. The van der Waals surface area contributed by atoms with Gasteiger partial charge in [-0.15, -0.1) is 0 Å². The predicted molar refractivity (Wildman–Crippen MR) is 63.5 cm³/mol. The van der Waals surface area contributed by atoms with E-state index in [-0.39, 0.29) is 17.5 Å². The van der Waals surface area contributed by atoms with Gasteiger partial charge in [0, 0.05) is 0 Å². The molecule has 3 rings (SSSR count). The van der Waals surface area contributed by atoms with Crippen LogP contribution < -0.4 is 0 Å². The number of epoxide rings is 1. The first kappa shape index (κ1) is 12.1. The Balaban J connectivity index is 1.91. The van der Waals surface area contributed by atoms with Crippen molar-refractivity contribution < 1.29 is 18.6 Å². The SMILES string of the molecule is CC(C)(C1OCCO1)C1(c2ccc(F)cc2)CO1. The fraction of sp³-hybridized carbons (Fsp3) is 0.571. The number of benzene rings is 1. The standard InChI is InChI=1S/C14H17FO3/c1-13(2,12-16-7-8-17-12)14(9-18-14)10-3-5-11(15)6-4-10/h3-6,12H,7-9H2,1-2H3. The van der Waals surface area contributed by atoms with Crippen molar-refractivity contribution in [3.63, 3.8) is 0 Å². The fourth-order valence-corrected chi connectivity index (χ4v) is 2.67. The van der Waals surface area contributed by atoms with Crippen molar-refractivity contribution in [3.8, 4) is 0 Å². The maximum Gasteiger partial charge on any atom is 0.166 e. The minimum Gasteiger partial charge on any atom is -0.364 e. The first-order chi connectivity index (χ1) is 8.56. The van der Waals surface area contributed by atoms with Crippen LogP contribution in [0.4, 0.5) is 4.39 Å². The van der Waals surface area contributed by atoms with Gasteiger partial charge in [-0.1, -0.05) is 26.0 Å². The number of ether oxygens (including phenoxy) is 3. The maximum atomic E-state index is 13.0. The van der Waals surface area contributed by atoms with E-state index in [9.17, 15) is 4.39 Å². The maximum absolute atomic E-state index is 13.0. The molecule has 2 aliphatic rings. The largest absolute Gasteiger partial charge is 0.364 e. The third-order valence-corrected chi connectivity index (χ3v) is 4.00. The van der Waals surface area contributed by atoms with Crippen molar-refractivity contribution in [3.05, 3.63) is 35.6 Å². The molecule has 4 heteroatoms. The van der Waals surface area contributed by atoms with E-state index >= 15 is 0 Å². The molecule has 0 aromatic heterocycles. The van der Waals surface area contributed by atoms with E-state index in [2.05, 4.69) is 13.8 Å². The molecule has 2 fully saturated rings. The Labute approximate surface area is 106 Å². The van der Waals surface area contributed by atoms with Gasteiger partial charge >= 0.3 is 0 Å². The molecule has 0 spiro atoms. The Morgan fingerprint density at radius 3 is 2.22 bits per heavy atom. The molecule has 2 saturated heterocycles. The summed E-state index contributed by atoms with van der Waals surface area (Å²) in [6.45, 7) is 5.99. The molecule has 1 atom stereocenters. The van der Waals surface area contributed by atoms with Crippen LogP contribution in [0.25, 0.3) is 0 Å². The van der Waals surface area contributed by atoms with Crippen molar-refractivity contribution >= 4 is 0 Å². The zero-order valence-electron chi connectivity index (χ0n) is 10.6. The van der Waals surface area contributed by atoms with Gasteiger partial charge < -0.3 is 14.2 Å². The molecule has 1 aromatic rings. The minimum atomic E-state index is -0.421. The number of hydrogen-bond acceptors (Lipinski definition) is 3. The van der Waals surface area contributed by atoms with Gasteiger partial charge in [-0.2, -0.15) is 0 Å². The molecule has 0 N–H and O–H groups in total. The van der Waals surface area contributed by atoms with Crippen LogP contribution in [0.2, 0.25) is 0 Å². The quantitative estimate of drug-likeness (QED) is 0.774. The van der Waals surface area contributed by atoms with E-state index in [0.717, 1.165) is 5.56 Å². The lowest BCUT2D eigenvalue weighted by Crippen LogP contribution is -2.42. The highest BCUT2D eigenvalue weighted by molar-refractivity contribution is 5.30. The summed E-state index contributed by atoms with van der Waals surface area (Å²) in [5, 5.41) is 0. The molecule has 18 heavy (non-hydrogen) atoms. The second-order valence-electron chi connectivity index (χ2n) is 5.42. The lowest BCUT2D eigenvalue weighted by atomic mass is 9.74. The first-order valence-corrected chi connectivity index (χ1v) is 6.19. The van der Waals surface area contributed by atoms with Crippen LogP contribution in [-0.4, -0.2) is 26.1 Å². The zero-order valence-corrected chi connectivity index (χ0v) is 10.6. The summed E-state index contributed by atoms with van der Waals surface area (Å²) in [4.78, 5) is 0. The van der Waals surface area contributed by atoms with Crippen LogP contribution in [-0.2, 0) is 19.8 Å². The number of halogens is 1. The van der Waals surface area contributed by atoms with Crippen LogP contribution in [0.3, 0.4) is 0 Å². The van der Waals surface area contributed by atoms with Crippen LogP contribution in [0.5, 0.6) is 0 Å². The lowest BCUT2D eigenvalue weighted by Gasteiger charge is -2.36. The van der Waals surface area contributed by atoms with Gasteiger partial charge in [0.1, 0.15) is 11.4 Å². The zero-order chi connectivity index (χ0) is 12.8. The second-order valence-corrected chi connectivity index (χ2v) is 5.42. The van der Waals surface area contributed by atoms with Crippen LogP contribution in [0.1, 0.15) is 19.4 Å². The third-order valence-electron chi connectivity index (χ3n) is 4.00. The Hall–Kier alpha value is -0.970. The normalized spacial score (nSPS) is 28.6. The average Bonchev–Trinajstić information content (AvgIpc) is 2.98. The molecule has 0 amide bonds. The third kappa shape index (κ3) is 1.67. The van der Waals surface area contributed by atoms with Gasteiger partial charge in [0.25, 0.3) is 0 Å². The molecule has 3 nitrogen and oxygen atoms in total. The highest BCUT2D eigenvalue weighted by Crippen LogP contribution is 2.55. The summed E-state index contributed by atoms with van der Waals surface area (Å²) in [5.74, 6) is -0.235. The van der Waals surface area contributed by atoms with Crippen LogP contribution >= 0.6 is 0 Å². The molecule has 1 aromatic carbocycles. The van der Waals surface area contributed by atoms with Crippen LogP contribution in [0, 0.1) is 11.2 Å². The summed E-state index contributed by atoms with van der Waals surface area (Å²) >= 11 is 0. The van der Waals surface area contributed by atoms with E-state index in [1.165, 1.54) is 12.1 Å². The lowest BCUT2D eigenvalue weighted by molar-refractivity contribution is -0.148. The topological polar surface area (TPSA) is 31.0 Å². The molecule has 0 aliphatic carbocycles. The predicted octanol–water partition coefficient (Wildman–Crippen LogP) is 2.45. The van der Waals surface area contributed by atoms with Crippen molar-refractivity contribution in [1.82, 2.24) is 0 Å². The van der Waals surface area contributed by atoms with E-state index in [1.54, 1.807) is 12.1 Å². The summed E-state index contributed by atoms with van der Waals surface area (Å²) in [6.07, 6.45) is -0.273. The summed E-state index contributed by atoms with van der Waals surface area (Å²) in [5.41, 5.74) is 0.254. The fourth-order valence-electron chi connectivity index (χ4n) is 2.67. The van der Waals surface area contributed by atoms with Gasteiger partial charge in [0.05, 0.1) is 25.2 Å². The van der Waals surface area contributed by atoms with Crippen molar-refractivity contribution in [2.75, 3.05) is 19.8 Å². The molecule has 1 unspecified atom stereocenters. The Morgan fingerprint density at radius 2 is 1.72 bits per heavy atom. The Morgan fingerprint density at radius 1 is 1.17 bits per heavy atom.